The number of ether oxygens (including phenoxy) is 2. The van der Waals surface area contributed by atoms with Gasteiger partial charge in [-0.3, -0.25) is 4.79 Å². The fourth-order valence-corrected chi connectivity index (χ4v) is 2.52. The number of aromatic nitrogens is 2. The highest BCUT2D eigenvalue weighted by molar-refractivity contribution is 5.92. The van der Waals surface area contributed by atoms with Crippen molar-refractivity contribution in [3.05, 3.63) is 58.3 Å². The molecule has 3 N–H and O–H groups in total. The lowest BCUT2D eigenvalue weighted by Crippen LogP contribution is -2.50. The molecule has 0 bridgehead atoms. The fourth-order valence-electron chi connectivity index (χ4n) is 2.52. The SMILES string of the molecule is O=C(N[C@@H]1CCOC[C@H]1OCc1ccccc1)c1c[nH]c(=O)[nH]1. The van der Waals surface area contributed by atoms with Gasteiger partial charge in [-0.05, 0) is 12.0 Å². The summed E-state index contributed by atoms with van der Waals surface area (Å²) in [6.07, 6.45) is 1.80. The quantitative estimate of drug-likeness (QED) is 0.760. The monoisotopic (exact) mass is 317 g/mol. The number of imidazole rings is 1. The summed E-state index contributed by atoms with van der Waals surface area (Å²) in [7, 11) is 0. The van der Waals surface area contributed by atoms with Gasteiger partial charge in [0, 0.05) is 12.8 Å². The largest absolute Gasteiger partial charge is 0.379 e. The Labute approximate surface area is 133 Å². The zero-order valence-electron chi connectivity index (χ0n) is 12.6. The van der Waals surface area contributed by atoms with Crippen LogP contribution in [-0.2, 0) is 16.1 Å². The van der Waals surface area contributed by atoms with E-state index in [1.54, 1.807) is 0 Å². The zero-order valence-corrected chi connectivity index (χ0v) is 12.6. The molecule has 0 unspecified atom stereocenters. The first-order valence-corrected chi connectivity index (χ1v) is 7.54. The lowest BCUT2D eigenvalue weighted by molar-refractivity contribution is -0.0736. The van der Waals surface area contributed by atoms with Gasteiger partial charge in [0.15, 0.2) is 0 Å². The third kappa shape index (κ3) is 4.08. The first-order chi connectivity index (χ1) is 11.2. The minimum atomic E-state index is -0.404. The van der Waals surface area contributed by atoms with Crippen LogP contribution in [0.4, 0.5) is 0 Å². The minimum absolute atomic E-state index is 0.154. The minimum Gasteiger partial charge on any atom is -0.379 e. The molecule has 1 aromatic carbocycles. The molecule has 1 aliphatic heterocycles. The summed E-state index contributed by atoms with van der Waals surface area (Å²) in [5.74, 6) is -0.330. The van der Waals surface area contributed by atoms with E-state index in [0.29, 0.717) is 26.2 Å². The van der Waals surface area contributed by atoms with Crippen molar-refractivity contribution in [1.82, 2.24) is 15.3 Å². The third-order valence-corrected chi connectivity index (χ3v) is 3.77. The number of benzene rings is 1. The first kappa shape index (κ1) is 15.5. The van der Waals surface area contributed by atoms with Gasteiger partial charge in [0.2, 0.25) is 0 Å². The predicted molar refractivity (Wildman–Crippen MR) is 83.1 cm³/mol. The van der Waals surface area contributed by atoms with E-state index in [4.69, 9.17) is 9.47 Å². The van der Waals surface area contributed by atoms with Crippen LogP contribution < -0.4 is 11.0 Å². The molecule has 0 spiro atoms. The summed E-state index contributed by atoms with van der Waals surface area (Å²) in [5, 5.41) is 2.90. The highest BCUT2D eigenvalue weighted by Gasteiger charge is 2.28. The molecule has 1 aromatic heterocycles. The van der Waals surface area contributed by atoms with Gasteiger partial charge in [-0.1, -0.05) is 30.3 Å². The maximum absolute atomic E-state index is 12.1. The molecular weight excluding hydrogens is 298 g/mol. The molecule has 1 saturated heterocycles. The second-order valence-electron chi connectivity index (χ2n) is 5.44. The number of rotatable bonds is 5. The number of H-pyrrole nitrogens is 2. The molecule has 0 saturated carbocycles. The van der Waals surface area contributed by atoms with E-state index in [-0.39, 0.29) is 23.7 Å². The van der Waals surface area contributed by atoms with Gasteiger partial charge in [0.1, 0.15) is 11.8 Å². The van der Waals surface area contributed by atoms with Crippen molar-refractivity contribution in [3.63, 3.8) is 0 Å². The molecule has 7 heteroatoms. The van der Waals surface area contributed by atoms with Crippen LogP contribution in [0.15, 0.2) is 41.3 Å². The molecule has 0 radical (unpaired) electrons. The van der Waals surface area contributed by atoms with Gasteiger partial charge in [-0.25, -0.2) is 4.79 Å². The summed E-state index contributed by atoms with van der Waals surface area (Å²) >= 11 is 0. The summed E-state index contributed by atoms with van der Waals surface area (Å²) < 4.78 is 11.4. The summed E-state index contributed by atoms with van der Waals surface area (Å²) in [6, 6.07) is 9.69. The van der Waals surface area contributed by atoms with Crippen LogP contribution in [-0.4, -0.2) is 41.2 Å². The molecule has 1 amide bonds. The van der Waals surface area contributed by atoms with Crippen molar-refractivity contribution in [2.45, 2.75) is 25.2 Å². The van der Waals surface area contributed by atoms with Crippen molar-refractivity contribution < 1.29 is 14.3 Å². The van der Waals surface area contributed by atoms with Crippen LogP contribution in [0.2, 0.25) is 0 Å². The number of carbonyl (C=O) groups excluding carboxylic acids is 1. The van der Waals surface area contributed by atoms with Gasteiger partial charge in [-0.2, -0.15) is 0 Å². The molecule has 1 aliphatic rings. The number of hydrogen-bond donors (Lipinski definition) is 3. The van der Waals surface area contributed by atoms with Gasteiger partial charge in [0.05, 0.1) is 19.3 Å². The van der Waals surface area contributed by atoms with Crippen LogP contribution in [0.1, 0.15) is 22.5 Å². The summed E-state index contributed by atoms with van der Waals surface area (Å²) in [6.45, 7) is 1.46. The normalized spacial score (nSPS) is 21.0. The van der Waals surface area contributed by atoms with E-state index in [2.05, 4.69) is 15.3 Å². The molecule has 0 aliphatic carbocycles. The average molecular weight is 317 g/mol. The molecule has 3 rings (SSSR count). The van der Waals surface area contributed by atoms with Crippen molar-refractivity contribution in [2.24, 2.45) is 0 Å². The smallest absolute Gasteiger partial charge is 0.323 e. The van der Waals surface area contributed by atoms with Crippen molar-refractivity contribution in [1.29, 1.82) is 0 Å². The van der Waals surface area contributed by atoms with E-state index in [1.807, 2.05) is 30.3 Å². The van der Waals surface area contributed by atoms with E-state index in [9.17, 15) is 9.59 Å². The lowest BCUT2D eigenvalue weighted by atomic mass is 10.1. The van der Waals surface area contributed by atoms with Crippen molar-refractivity contribution >= 4 is 5.91 Å². The molecule has 1 fully saturated rings. The molecule has 2 heterocycles. The van der Waals surface area contributed by atoms with Gasteiger partial charge >= 0.3 is 5.69 Å². The Bertz CT molecular complexity index is 695. The molecular formula is C16H19N3O4. The lowest BCUT2D eigenvalue weighted by Gasteiger charge is -2.32. The molecule has 7 nitrogen and oxygen atoms in total. The number of amides is 1. The summed E-state index contributed by atoms with van der Waals surface area (Å²) in [4.78, 5) is 28.1. The molecule has 23 heavy (non-hydrogen) atoms. The maximum atomic E-state index is 12.1. The zero-order chi connectivity index (χ0) is 16.1. The van der Waals surface area contributed by atoms with Gasteiger partial charge < -0.3 is 24.8 Å². The topological polar surface area (TPSA) is 96.2 Å². The van der Waals surface area contributed by atoms with Crippen molar-refractivity contribution in [2.75, 3.05) is 13.2 Å². The third-order valence-electron chi connectivity index (χ3n) is 3.77. The second-order valence-corrected chi connectivity index (χ2v) is 5.44. The average Bonchev–Trinajstić information content (AvgIpc) is 3.02. The Morgan fingerprint density at radius 2 is 2.17 bits per heavy atom. The fraction of sp³-hybridized carbons (Fsp3) is 0.375. The van der Waals surface area contributed by atoms with Crippen LogP contribution in [0.25, 0.3) is 0 Å². The van der Waals surface area contributed by atoms with E-state index < -0.39 is 5.69 Å². The molecule has 2 atom stereocenters. The van der Waals surface area contributed by atoms with Gasteiger partial charge in [0.25, 0.3) is 5.91 Å². The van der Waals surface area contributed by atoms with E-state index in [0.717, 1.165) is 5.56 Å². The highest BCUT2D eigenvalue weighted by Crippen LogP contribution is 2.14. The Kier molecular flexibility index (Phi) is 4.89. The predicted octanol–water partition coefficient (Wildman–Crippen LogP) is 0.807. The number of nitrogens with one attached hydrogen (secondary N) is 3. The number of carbonyl (C=O) groups is 1. The standard InChI is InChI=1S/C16H19N3O4/c20-15(13-8-17-16(21)19-13)18-12-6-7-22-10-14(12)23-9-11-4-2-1-3-5-11/h1-5,8,12,14H,6-7,9-10H2,(H,18,20)(H2,17,19,21)/t12-,14-/m1/s1. The Morgan fingerprint density at radius 1 is 1.35 bits per heavy atom. The van der Waals surface area contributed by atoms with Crippen LogP contribution in [0.5, 0.6) is 0 Å². The highest BCUT2D eigenvalue weighted by atomic mass is 16.5. The first-order valence-electron chi connectivity index (χ1n) is 7.54. The van der Waals surface area contributed by atoms with Gasteiger partial charge in [-0.15, -0.1) is 0 Å². The van der Waals surface area contributed by atoms with Crippen molar-refractivity contribution in [3.8, 4) is 0 Å². The van der Waals surface area contributed by atoms with Crippen LogP contribution in [0, 0.1) is 0 Å². The van der Waals surface area contributed by atoms with E-state index >= 15 is 0 Å². The molecule has 122 valence electrons. The second kappa shape index (κ2) is 7.26. The Morgan fingerprint density at radius 3 is 2.91 bits per heavy atom. The molecule has 2 aromatic rings. The number of aromatic amines is 2. The van der Waals surface area contributed by atoms with E-state index in [1.165, 1.54) is 6.20 Å². The number of hydrogen-bond acceptors (Lipinski definition) is 4. The van der Waals surface area contributed by atoms with Crippen LogP contribution >= 0.6 is 0 Å². The Balaban J connectivity index is 1.59. The summed E-state index contributed by atoms with van der Waals surface area (Å²) in [5.41, 5.74) is 0.875. The van der Waals surface area contributed by atoms with Crippen LogP contribution in [0.3, 0.4) is 0 Å². The maximum Gasteiger partial charge on any atom is 0.323 e. The Hall–Kier alpha value is -2.38.